The summed E-state index contributed by atoms with van der Waals surface area (Å²) in [5, 5.41) is 3.34. The lowest BCUT2D eigenvalue weighted by atomic mass is 10.5. The SMILES string of the molecule is CC1C[N+]1(C)C1CN1. The van der Waals surface area contributed by atoms with Crippen molar-refractivity contribution in [2.24, 2.45) is 0 Å². The van der Waals surface area contributed by atoms with E-state index in [9.17, 15) is 0 Å². The van der Waals surface area contributed by atoms with Crippen LogP contribution in [0.5, 0.6) is 0 Å². The van der Waals surface area contributed by atoms with Crippen LogP contribution < -0.4 is 5.32 Å². The highest BCUT2D eigenvalue weighted by atomic mass is 15.6. The molecule has 0 aromatic carbocycles. The van der Waals surface area contributed by atoms with Gasteiger partial charge < -0.3 is 0 Å². The number of hydrogen-bond donors (Lipinski definition) is 1. The van der Waals surface area contributed by atoms with Gasteiger partial charge in [-0.25, -0.2) is 0 Å². The monoisotopic (exact) mass is 113 g/mol. The van der Waals surface area contributed by atoms with Gasteiger partial charge in [-0.15, -0.1) is 0 Å². The molecule has 8 heavy (non-hydrogen) atoms. The van der Waals surface area contributed by atoms with Crippen molar-refractivity contribution in [1.29, 1.82) is 0 Å². The second-order valence-electron chi connectivity index (χ2n) is 3.30. The summed E-state index contributed by atoms with van der Waals surface area (Å²) in [6.45, 7) is 4.96. The molecule has 0 spiro atoms. The summed E-state index contributed by atoms with van der Waals surface area (Å²) in [6, 6.07) is 0.926. The predicted octanol–water partition coefficient (Wildman–Crippen LogP) is -0.236. The quantitative estimate of drug-likeness (QED) is 0.368. The second kappa shape index (κ2) is 1.09. The molecule has 0 aromatic rings. The van der Waals surface area contributed by atoms with Crippen molar-refractivity contribution in [1.82, 2.24) is 5.32 Å². The maximum Gasteiger partial charge on any atom is 0.156 e. The predicted molar refractivity (Wildman–Crippen MR) is 32.3 cm³/mol. The van der Waals surface area contributed by atoms with Gasteiger partial charge in [0.05, 0.1) is 13.6 Å². The van der Waals surface area contributed by atoms with E-state index < -0.39 is 0 Å². The molecule has 2 fully saturated rings. The van der Waals surface area contributed by atoms with Gasteiger partial charge in [-0.1, -0.05) is 0 Å². The zero-order valence-electron chi connectivity index (χ0n) is 5.52. The van der Waals surface area contributed by atoms with E-state index in [-0.39, 0.29) is 0 Å². The third kappa shape index (κ3) is 0.446. The summed E-state index contributed by atoms with van der Waals surface area (Å²) in [4.78, 5) is 0. The minimum absolute atomic E-state index is 0.824. The van der Waals surface area contributed by atoms with E-state index in [0.29, 0.717) is 0 Å². The van der Waals surface area contributed by atoms with Crippen LogP contribution in [-0.2, 0) is 0 Å². The number of likely N-dealkylation sites (N-methyl/N-ethyl adjacent to an activating group) is 1. The number of quaternary nitrogens is 1. The summed E-state index contributed by atoms with van der Waals surface area (Å²) >= 11 is 0. The Morgan fingerprint density at radius 2 is 2.12 bits per heavy atom. The molecule has 0 saturated carbocycles. The average molecular weight is 113 g/mol. The highest BCUT2D eigenvalue weighted by Gasteiger charge is 2.57. The number of nitrogens with zero attached hydrogens (tertiary/aromatic N) is 1. The first kappa shape index (κ1) is 4.77. The van der Waals surface area contributed by atoms with Crippen LogP contribution >= 0.6 is 0 Å². The van der Waals surface area contributed by atoms with Gasteiger partial charge in [0.2, 0.25) is 0 Å². The van der Waals surface area contributed by atoms with E-state index in [1.807, 2.05) is 0 Å². The molecule has 2 heterocycles. The standard InChI is InChI=1S/C6H13N2/c1-5-4-8(5,2)6-3-7-6/h5-7H,3-4H2,1-2H3/q+1. The Bertz CT molecular complexity index is 120. The zero-order valence-corrected chi connectivity index (χ0v) is 5.52. The van der Waals surface area contributed by atoms with Gasteiger partial charge in [0.1, 0.15) is 12.6 Å². The van der Waals surface area contributed by atoms with Crippen molar-refractivity contribution in [3.8, 4) is 0 Å². The van der Waals surface area contributed by atoms with Gasteiger partial charge in [-0.2, -0.15) is 0 Å². The van der Waals surface area contributed by atoms with Crippen LogP contribution in [0.3, 0.4) is 0 Å². The Kier molecular flexibility index (Phi) is 0.649. The van der Waals surface area contributed by atoms with Crippen LogP contribution in [0.15, 0.2) is 0 Å². The molecular weight excluding hydrogens is 100 g/mol. The minimum Gasteiger partial charge on any atom is -0.298 e. The molecule has 0 radical (unpaired) electrons. The average Bonchev–Trinajstić information content (AvgIpc) is 2.44. The van der Waals surface area contributed by atoms with E-state index in [4.69, 9.17) is 0 Å². The van der Waals surface area contributed by atoms with E-state index in [1.54, 1.807) is 0 Å². The van der Waals surface area contributed by atoms with Gasteiger partial charge in [-0.05, 0) is 6.92 Å². The third-order valence-corrected chi connectivity index (χ3v) is 2.63. The molecule has 2 nitrogen and oxygen atoms in total. The van der Waals surface area contributed by atoms with E-state index in [2.05, 4.69) is 19.3 Å². The van der Waals surface area contributed by atoms with E-state index >= 15 is 0 Å². The fraction of sp³-hybridized carbons (Fsp3) is 1.00. The smallest absolute Gasteiger partial charge is 0.156 e. The molecule has 3 unspecified atom stereocenters. The Labute approximate surface area is 50.1 Å². The van der Waals surface area contributed by atoms with Crippen LogP contribution in [0.4, 0.5) is 0 Å². The summed E-state index contributed by atoms with van der Waals surface area (Å²) in [5.74, 6) is 0. The van der Waals surface area contributed by atoms with E-state index in [1.165, 1.54) is 17.6 Å². The lowest BCUT2D eigenvalue weighted by molar-refractivity contribution is -0.803. The first-order valence-electron chi connectivity index (χ1n) is 3.32. The largest absolute Gasteiger partial charge is 0.298 e. The zero-order chi connectivity index (χ0) is 5.78. The second-order valence-corrected chi connectivity index (χ2v) is 3.30. The van der Waals surface area contributed by atoms with Crippen LogP contribution in [0.25, 0.3) is 0 Å². The first-order valence-corrected chi connectivity index (χ1v) is 3.32. The van der Waals surface area contributed by atoms with Gasteiger partial charge in [0.15, 0.2) is 6.17 Å². The topological polar surface area (TPSA) is 21.9 Å². The molecule has 2 rings (SSSR count). The third-order valence-electron chi connectivity index (χ3n) is 2.63. The van der Waals surface area contributed by atoms with Crippen LogP contribution in [-0.4, -0.2) is 36.8 Å². The Hall–Kier alpha value is -0.0800. The molecule has 1 N–H and O–H groups in total. The highest BCUT2D eigenvalue weighted by Crippen LogP contribution is 2.33. The lowest BCUT2D eigenvalue weighted by Crippen LogP contribution is -2.28. The molecule has 2 saturated heterocycles. The fourth-order valence-electron chi connectivity index (χ4n) is 1.43. The summed E-state index contributed by atoms with van der Waals surface area (Å²) in [5.41, 5.74) is 0. The Morgan fingerprint density at radius 3 is 2.25 bits per heavy atom. The van der Waals surface area contributed by atoms with Crippen molar-refractivity contribution in [2.45, 2.75) is 19.1 Å². The molecule has 0 aliphatic carbocycles. The van der Waals surface area contributed by atoms with Crippen molar-refractivity contribution in [2.75, 3.05) is 20.1 Å². The van der Waals surface area contributed by atoms with Crippen molar-refractivity contribution in [3.63, 3.8) is 0 Å². The number of rotatable bonds is 1. The highest BCUT2D eigenvalue weighted by molar-refractivity contribution is 4.82. The van der Waals surface area contributed by atoms with Crippen LogP contribution in [0, 0.1) is 0 Å². The van der Waals surface area contributed by atoms with Crippen molar-refractivity contribution < 1.29 is 4.48 Å². The lowest BCUT2D eigenvalue weighted by Gasteiger charge is -2.08. The van der Waals surface area contributed by atoms with Crippen molar-refractivity contribution >= 4 is 0 Å². The van der Waals surface area contributed by atoms with Gasteiger partial charge in [0, 0.05) is 0 Å². The number of nitrogens with one attached hydrogen (secondary N) is 1. The fourth-order valence-corrected chi connectivity index (χ4v) is 1.43. The van der Waals surface area contributed by atoms with Crippen LogP contribution in [0.2, 0.25) is 0 Å². The first-order chi connectivity index (χ1) is 3.73. The molecular formula is C6H13N2+. The number of hydrogen-bond acceptors (Lipinski definition) is 1. The summed E-state index contributed by atoms with van der Waals surface area (Å²) in [7, 11) is 2.33. The molecule has 2 aliphatic heterocycles. The van der Waals surface area contributed by atoms with E-state index in [0.717, 1.165) is 12.2 Å². The van der Waals surface area contributed by atoms with Gasteiger partial charge in [0.25, 0.3) is 0 Å². The molecule has 0 amide bonds. The maximum absolute atomic E-state index is 3.34. The normalized spacial score (nSPS) is 60.8. The van der Waals surface area contributed by atoms with Crippen LogP contribution in [0.1, 0.15) is 6.92 Å². The molecule has 2 aliphatic rings. The molecule has 2 heteroatoms. The molecule has 3 atom stereocenters. The summed E-state index contributed by atoms with van der Waals surface area (Å²) in [6.07, 6.45) is 0.824. The Balaban J connectivity index is 2.04. The Morgan fingerprint density at radius 1 is 1.62 bits per heavy atom. The molecule has 0 aromatic heterocycles. The van der Waals surface area contributed by atoms with Gasteiger partial charge >= 0.3 is 0 Å². The minimum atomic E-state index is 0.824. The van der Waals surface area contributed by atoms with Gasteiger partial charge in [-0.3, -0.25) is 9.80 Å². The van der Waals surface area contributed by atoms with Crippen molar-refractivity contribution in [3.05, 3.63) is 0 Å². The molecule has 46 valence electrons. The summed E-state index contributed by atoms with van der Waals surface area (Å²) < 4.78 is 1.29. The maximum atomic E-state index is 3.34. The molecule has 0 bridgehead atoms.